The number of carbonyl (C=O) groups excluding carboxylic acids is 1. The number of hydrogen-bond acceptors (Lipinski definition) is 5. The molecule has 1 heterocycles. The molecule has 8 heteroatoms. The average Bonchev–Trinajstić information content (AvgIpc) is 2.88. The van der Waals surface area contributed by atoms with Gasteiger partial charge < -0.3 is 10.2 Å². The maximum atomic E-state index is 12.4. The smallest absolute Gasteiger partial charge is 0.312 e. The van der Waals surface area contributed by atoms with Crippen LogP contribution >= 0.6 is 0 Å². The lowest BCUT2D eigenvalue weighted by Gasteiger charge is -2.26. The zero-order valence-electron chi connectivity index (χ0n) is 18.2. The Hall–Kier alpha value is -1.96. The van der Waals surface area contributed by atoms with Crippen molar-refractivity contribution in [1.82, 2.24) is 20.0 Å². The summed E-state index contributed by atoms with van der Waals surface area (Å²) in [5.74, 6) is -0.171. The highest BCUT2D eigenvalue weighted by molar-refractivity contribution is 5.76. The SMILES string of the molecule is CCCCCN(CCCCC)CC(C)NC(=O)Cn1nc(C)c([N+](=O)[O-])c1C. The molecule has 160 valence electrons. The van der Waals surface area contributed by atoms with E-state index in [1.165, 1.54) is 43.2 Å². The van der Waals surface area contributed by atoms with Gasteiger partial charge in [-0.3, -0.25) is 19.6 Å². The van der Waals surface area contributed by atoms with E-state index in [2.05, 4.69) is 29.2 Å². The molecule has 0 aliphatic heterocycles. The van der Waals surface area contributed by atoms with Gasteiger partial charge in [-0.2, -0.15) is 5.10 Å². The third kappa shape index (κ3) is 7.96. The monoisotopic (exact) mass is 395 g/mol. The van der Waals surface area contributed by atoms with Crippen LogP contribution in [0.2, 0.25) is 0 Å². The van der Waals surface area contributed by atoms with E-state index in [0.717, 1.165) is 19.6 Å². The molecular weight excluding hydrogens is 358 g/mol. The maximum Gasteiger partial charge on any atom is 0.312 e. The van der Waals surface area contributed by atoms with Gasteiger partial charge in [0.2, 0.25) is 5.91 Å². The van der Waals surface area contributed by atoms with Crippen molar-refractivity contribution in [2.75, 3.05) is 19.6 Å². The quantitative estimate of drug-likeness (QED) is 0.295. The van der Waals surface area contributed by atoms with Crippen LogP contribution in [-0.2, 0) is 11.3 Å². The molecule has 8 nitrogen and oxygen atoms in total. The lowest BCUT2D eigenvalue weighted by molar-refractivity contribution is -0.386. The molecule has 28 heavy (non-hydrogen) atoms. The molecule has 1 aromatic heterocycles. The van der Waals surface area contributed by atoms with Crippen LogP contribution in [0.25, 0.3) is 0 Å². The minimum atomic E-state index is -0.445. The van der Waals surface area contributed by atoms with Gasteiger partial charge in [0.15, 0.2) is 0 Å². The number of hydrogen-bond donors (Lipinski definition) is 1. The number of nitrogens with one attached hydrogen (secondary N) is 1. The predicted molar refractivity (Wildman–Crippen MR) is 111 cm³/mol. The van der Waals surface area contributed by atoms with Gasteiger partial charge in [0.05, 0.1) is 4.92 Å². The van der Waals surface area contributed by atoms with Gasteiger partial charge in [-0.25, -0.2) is 0 Å². The number of nitro groups is 1. The van der Waals surface area contributed by atoms with Crippen LogP contribution in [-0.4, -0.2) is 51.2 Å². The predicted octanol–water partition coefficient (Wildman–Crippen LogP) is 3.60. The summed E-state index contributed by atoms with van der Waals surface area (Å²) in [6.45, 7) is 12.6. The highest BCUT2D eigenvalue weighted by Crippen LogP contribution is 2.21. The molecule has 0 spiro atoms. The Morgan fingerprint density at radius 2 is 1.75 bits per heavy atom. The van der Waals surface area contributed by atoms with Crippen LogP contribution in [0.5, 0.6) is 0 Å². The molecule has 0 saturated heterocycles. The van der Waals surface area contributed by atoms with Crippen molar-refractivity contribution in [3.63, 3.8) is 0 Å². The molecule has 0 aromatic carbocycles. The summed E-state index contributed by atoms with van der Waals surface area (Å²) in [6.07, 6.45) is 7.20. The summed E-state index contributed by atoms with van der Waals surface area (Å²) < 4.78 is 1.41. The second kappa shape index (κ2) is 12.5. The summed E-state index contributed by atoms with van der Waals surface area (Å²) in [5.41, 5.74) is 0.728. The van der Waals surface area contributed by atoms with Gasteiger partial charge in [0, 0.05) is 12.6 Å². The average molecular weight is 396 g/mol. The topological polar surface area (TPSA) is 93.3 Å². The van der Waals surface area contributed by atoms with E-state index in [1.807, 2.05) is 6.92 Å². The third-order valence-corrected chi connectivity index (χ3v) is 4.91. The van der Waals surface area contributed by atoms with Crippen LogP contribution in [0.3, 0.4) is 0 Å². The number of nitrogens with zero attached hydrogens (tertiary/aromatic N) is 4. The van der Waals surface area contributed by atoms with Crippen LogP contribution in [0, 0.1) is 24.0 Å². The number of amides is 1. The maximum absolute atomic E-state index is 12.4. The standard InChI is InChI=1S/C20H37N5O3/c1-6-8-10-12-23(13-11-9-7-2)14-16(3)21-19(26)15-24-18(5)20(25(27)28)17(4)22-24/h16H,6-15H2,1-5H3,(H,21,26). The summed E-state index contributed by atoms with van der Waals surface area (Å²) >= 11 is 0. The molecule has 1 atom stereocenters. The molecule has 0 fully saturated rings. The third-order valence-electron chi connectivity index (χ3n) is 4.91. The minimum absolute atomic E-state index is 0.00345. The Balaban J connectivity index is 2.58. The van der Waals surface area contributed by atoms with Gasteiger partial charge >= 0.3 is 5.69 Å². The largest absolute Gasteiger partial charge is 0.351 e. The van der Waals surface area contributed by atoms with Crippen LogP contribution in [0.1, 0.15) is 70.7 Å². The molecular formula is C20H37N5O3. The van der Waals surface area contributed by atoms with Crippen LogP contribution < -0.4 is 5.32 Å². The van der Waals surface area contributed by atoms with Gasteiger partial charge in [0.25, 0.3) is 0 Å². The molecule has 1 amide bonds. The fraction of sp³-hybridized carbons (Fsp3) is 0.800. The number of unbranched alkanes of at least 4 members (excludes halogenated alkanes) is 4. The zero-order valence-corrected chi connectivity index (χ0v) is 18.2. The van der Waals surface area contributed by atoms with E-state index in [1.54, 1.807) is 13.8 Å². The van der Waals surface area contributed by atoms with Gasteiger partial charge in [-0.15, -0.1) is 0 Å². The summed E-state index contributed by atoms with van der Waals surface area (Å²) in [5, 5.41) is 18.3. The summed E-state index contributed by atoms with van der Waals surface area (Å²) in [4.78, 5) is 25.5. The first-order chi connectivity index (χ1) is 13.3. The first kappa shape index (κ1) is 24.1. The number of aryl methyl sites for hydroxylation is 1. The van der Waals surface area contributed by atoms with Crippen molar-refractivity contribution in [3.8, 4) is 0 Å². The van der Waals surface area contributed by atoms with Gasteiger partial charge in [0.1, 0.15) is 17.9 Å². The highest BCUT2D eigenvalue weighted by Gasteiger charge is 2.23. The summed E-state index contributed by atoms with van der Waals surface area (Å²) in [7, 11) is 0. The number of rotatable bonds is 14. The van der Waals surface area contributed by atoms with Gasteiger partial charge in [-0.05, 0) is 46.7 Å². The number of carbonyl (C=O) groups is 1. The van der Waals surface area contributed by atoms with E-state index in [-0.39, 0.29) is 24.2 Å². The van der Waals surface area contributed by atoms with E-state index in [4.69, 9.17) is 0 Å². The Labute approximate surface area is 168 Å². The van der Waals surface area contributed by atoms with E-state index >= 15 is 0 Å². The molecule has 0 aliphatic rings. The van der Waals surface area contributed by atoms with Gasteiger partial charge in [-0.1, -0.05) is 39.5 Å². The normalized spacial score (nSPS) is 12.4. The highest BCUT2D eigenvalue weighted by atomic mass is 16.6. The first-order valence-corrected chi connectivity index (χ1v) is 10.5. The van der Waals surface area contributed by atoms with Crippen molar-refractivity contribution in [2.24, 2.45) is 0 Å². The van der Waals surface area contributed by atoms with E-state index < -0.39 is 4.92 Å². The first-order valence-electron chi connectivity index (χ1n) is 10.5. The molecule has 0 aliphatic carbocycles. The molecule has 1 unspecified atom stereocenters. The van der Waals surface area contributed by atoms with Crippen molar-refractivity contribution >= 4 is 11.6 Å². The fourth-order valence-corrected chi connectivity index (χ4v) is 3.46. The van der Waals surface area contributed by atoms with Crippen molar-refractivity contribution in [1.29, 1.82) is 0 Å². The second-order valence-electron chi connectivity index (χ2n) is 7.62. The molecule has 1 rings (SSSR count). The molecule has 1 N–H and O–H groups in total. The van der Waals surface area contributed by atoms with Crippen molar-refractivity contribution < 1.29 is 9.72 Å². The molecule has 0 bridgehead atoms. The Morgan fingerprint density at radius 1 is 1.18 bits per heavy atom. The van der Waals surface area contributed by atoms with Crippen LogP contribution in [0.15, 0.2) is 0 Å². The molecule has 0 radical (unpaired) electrons. The second-order valence-corrected chi connectivity index (χ2v) is 7.62. The number of aromatic nitrogens is 2. The van der Waals surface area contributed by atoms with E-state index in [0.29, 0.717) is 11.4 Å². The summed E-state index contributed by atoms with van der Waals surface area (Å²) in [6, 6.07) is 0.0164. The Morgan fingerprint density at radius 3 is 2.21 bits per heavy atom. The molecule has 0 saturated carbocycles. The fourth-order valence-electron chi connectivity index (χ4n) is 3.46. The van der Waals surface area contributed by atoms with Crippen LogP contribution in [0.4, 0.5) is 5.69 Å². The Kier molecular flexibility index (Phi) is 10.7. The lowest BCUT2D eigenvalue weighted by atomic mass is 10.2. The van der Waals surface area contributed by atoms with Crippen molar-refractivity contribution in [3.05, 3.63) is 21.5 Å². The zero-order chi connectivity index (χ0) is 21.1. The molecule has 1 aromatic rings. The minimum Gasteiger partial charge on any atom is -0.351 e. The van der Waals surface area contributed by atoms with Crippen molar-refractivity contribution in [2.45, 2.75) is 85.7 Å². The lowest BCUT2D eigenvalue weighted by Crippen LogP contribution is -2.43. The Bertz CT molecular complexity index is 620. The van der Waals surface area contributed by atoms with E-state index in [9.17, 15) is 14.9 Å².